The van der Waals surface area contributed by atoms with Crippen LogP contribution < -0.4 is 11.1 Å². The van der Waals surface area contributed by atoms with Gasteiger partial charge < -0.3 is 15.8 Å². The van der Waals surface area contributed by atoms with Crippen molar-refractivity contribution in [2.45, 2.75) is 25.4 Å². The number of carbonyl (C=O) groups is 1. The van der Waals surface area contributed by atoms with Crippen LogP contribution >= 0.6 is 12.4 Å². The molecule has 0 bridgehead atoms. The first-order valence-electron chi connectivity index (χ1n) is 6.47. The number of benzene rings is 1. The van der Waals surface area contributed by atoms with Gasteiger partial charge in [0.1, 0.15) is 0 Å². The van der Waals surface area contributed by atoms with E-state index in [0.29, 0.717) is 26.1 Å². The highest BCUT2D eigenvalue weighted by Crippen LogP contribution is 2.29. The number of fused-ring (bicyclic) bond motifs is 1. The van der Waals surface area contributed by atoms with Crippen LogP contribution in [0.15, 0.2) is 24.3 Å². The summed E-state index contributed by atoms with van der Waals surface area (Å²) in [6, 6.07) is 8.18. The zero-order valence-corrected chi connectivity index (χ0v) is 11.7. The number of hydrogen-bond acceptors (Lipinski definition) is 3. The Balaban J connectivity index is 0.00000180. The lowest BCUT2D eigenvalue weighted by molar-refractivity contribution is -0.124. The molecule has 0 saturated heterocycles. The van der Waals surface area contributed by atoms with Gasteiger partial charge in [0.2, 0.25) is 5.91 Å². The Bertz CT molecular complexity index is 412. The summed E-state index contributed by atoms with van der Waals surface area (Å²) in [5.41, 5.74) is 7.83. The maximum Gasteiger partial charge on any atom is 0.222 e. The van der Waals surface area contributed by atoms with Crippen LogP contribution in [-0.2, 0) is 16.0 Å². The van der Waals surface area contributed by atoms with Gasteiger partial charge in [-0.15, -0.1) is 12.4 Å². The Kier molecular flexibility index (Phi) is 6.84. The molecule has 0 fully saturated rings. The summed E-state index contributed by atoms with van der Waals surface area (Å²) in [5, 5.41) is 2.86. The molecule has 5 heteroatoms. The molecule has 1 aliphatic rings. The van der Waals surface area contributed by atoms with E-state index in [1.54, 1.807) is 0 Å². The zero-order valence-electron chi connectivity index (χ0n) is 10.9. The van der Waals surface area contributed by atoms with E-state index in [1.165, 1.54) is 5.56 Å². The Labute approximate surface area is 120 Å². The molecule has 1 aromatic rings. The molecule has 1 atom stereocenters. The van der Waals surface area contributed by atoms with Crippen molar-refractivity contribution < 1.29 is 9.53 Å². The van der Waals surface area contributed by atoms with Gasteiger partial charge in [0.05, 0.1) is 19.1 Å². The third-order valence-electron chi connectivity index (χ3n) is 3.17. The van der Waals surface area contributed by atoms with E-state index < -0.39 is 0 Å². The standard InChI is InChI=1S/C14H20N2O2.ClH/c15-7-3-8-16-14(17)10-13-12-5-2-1-4-11(12)6-9-18-13;/h1-2,4-5,13H,3,6-10,15H2,(H,16,17);1H. The monoisotopic (exact) mass is 284 g/mol. The van der Waals surface area contributed by atoms with Crippen molar-refractivity contribution in [1.82, 2.24) is 5.32 Å². The SMILES string of the molecule is Cl.NCCCNC(=O)CC1OCCc2ccccc21. The molecule has 2 rings (SSSR count). The number of halogens is 1. The third kappa shape index (κ3) is 4.49. The fraction of sp³-hybridized carbons (Fsp3) is 0.500. The summed E-state index contributed by atoms with van der Waals surface area (Å²) in [6.07, 6.45) is 2.03. The van der Waals surface area contributed by atoms with Crippen molar-refractivity contribution in [2.24, 2.45) is 5.73 Å². The fourth-order valence-electron chi connectivity index (χ4n) is 2.22. The van der Waals surface area contributed by atoms with Crippen LogP contribution in [0.2, 0.25) is 0 Å². The topological polar surface area (TPSA) is 64.3 Å². The van der Waals surface area contributed by atoms with Gasteiger partial charge in [-0.05, 0) is 30.5 Å². The number of hydrogen-bond donors (Lipinski definition) is 2. The summed E-state index contributed by atoms with van der Waals surface area (Å²) < 4.78 is 5.70. The van der Waals surface area contributed by atoms with Crippen LogP contribution in [-0.4, -0.2) is 25.6 Å². The first-order valence-corrected chi connectivity index (χ1v) is 6.47. The van der Waals surface area contributed by atoms with Crippen LogP contribution in [0.25, 0.3) is 0 Å². The summed E-state index contributed by atoms with van der Waals surface area (Å²) in [7, 11) is 0. The first-order chi connectivity index (χ1) is 8.81. The maximum atomic E-state index is 11.8. The molecule has 0 aliphatic carbocycles. The molecule has 19 heavy (non-hydrogen) atoms. The largest absolute Gasteiger partial charge is 0.373 e. The molecule has 0 radical (unpaired) electrons. The van der Waals surface area contributed by atoms with Crippen molar-refractivity contribution in [2.75, 3.05) is 19.7 Å². The van der Waals surface area contributed by atoms with Crippen LogP contribution in [0.4, 0.5) is 0 Å². The van der Waals surface area contributed by atoms with Crippen LogP contribution in [0.1, 0.15) is 30.1 Å². The lowest BCUT2D eigenvalue weighted by Crippen LogP contribution is -2.29. The molecular weight excluding hydrogens is 264 g/mol. The highest BCUT2D eigenvalue weighted by atomic mass is 35.5. The number of nitrogens with one attached hydrogen (secondary N) is 1. The van der Waals surface area contributed by atoms with Crippen molar-refractivity contribution in [3.8, 4) is 0 Å². The molecule has 3 N–H and O–H groups in total. The van der Waals surface area contributed by atoms with E-state index in [9.17, 15) is 4.79 Å². The quantitative estimate of drug-likeness (QED) is 0.807. The fourth-order valence-corrected chi connectivity index (χ4v) is 2.22. The summed E-state index contributed by atoms with van der Waals surface area (Å²) >= 11 is 0. The molecule has 0 aromatic heterocycles. The van der Waals surface area contributed by atoms with Crippen molar-refractivity contribution in [1.29, 1.82) is 0 Å². The van der Waals surface area contributed by atoms with E-state index in [-0.39, 0.29) is 24.4 Å². The van der Waals surface area contributed by atoms with E-state index in [1.807, 2.05) is 18.2 Å². The number of nitrogens with two attached hydrogens (primary N) is 1. The second-order valence-corrected chi connectivity index (χ2v) is 4.50. The number of ether oxygens (including phenoxy) is 1. The van der Waals surface area contributed by atoms with Gasteiger partial charge in [0.15, 0.2) is 0 Å². The average Bonchev–Trinajstić information content (AvgIpc) is 2.39. The molecule has 0 saturated carbocycles. The van der Waals surface area contributed by atoms with Gasteiger partial charge in [-0.3, -0.25) is 4.79 Å². The summed E-state index contributed by atoms with van der Waals surface area (Å²) in [6.45, 7) is 1.94. The smallest absolute Gasteiger partial charge is 0.222 e. The Morgan fingerprint density at radius 1 is 1.42 bits per heavy atom. The van der Waals surface area contributed by atoms with Gasteiger partial charge in [-0.2, -0.15) is 0 Å². The molecular formula is C14H21ClN2O2. The summed E-state index contributed by atoms with van der Waals surface area (Å²) in [5.74, 6) is 0.0325. The second kappa shape index (κ2) is 8.15. The molecule has 1 heterocycles. The summed E-state index contributed by atoms with van der Waals surface area (Å²) in [4.78, 5) is 11.8. The van der Waals surface area contributed by atoms with Gasteiger partial charge in [-0.1, -0.05) is 24.3 Å². The van der Waals surface area contributed by atoms with E-state index in [0.717, 1.165) is 18.4 Å². The van der Waals surface area contributed by atoms with Gasteiger partial charge in [0.25, 0.3) is 0 Å². The Hall–Kier alpha value is -1.10. The highest BCUT2D eigenvalue weighted by Gasteiger charge is 2.22. The normalized spacial score (nSPS) is 17.2. The minimum Gasteiger partial charge on any atom is -0.373 e. The predicted octanol–water partition coefficient (Wildman–Crippen LogP) is 1.58. The number of rotatable bonds is 5. The van der Waals surface area contributed by atoms with Gasteiger partial charge in [-0.25, -0.2) is 0 Å². The first kappa shape index (κ1) is 16.0. The minimum absolute atomic E-state index is 0. The van der Waals surface area contributed by atoms with Crippen LogP contribution in [0.5, 0.6) is 0 Å². The Morgan fingerprint density at radius 3 is 3.00 bits per heavy atom. The van der Waals surface area contributed by atoms with Crippen LogP contribution in [0.3, 0.4) is 0 Å². The molecule has 1 unspecified atom stereocenters. The molecule has 1 aliphatic heterocycles. The minimum atomic E-state index is -0.104. The zero-order chi connectivity index (χ0) is 12.8. The lowest BCUT2D eigenvalue weighted by atomic mass is 9.95. The number of carbonyl (C=O) groups excluding carboxylic acids is 1. The molecule has 4 nitrogen and oxygen atoms in total. The lowest BCUT2D eigenvalue weighted by Gasteiger charge is -2.25. The van der Waals surface area contributed by atoms with Crippen molar-refractivity contribution in [3.05, 3.63) is 35.4 Å². The van der Waals surface area contributed by atoms with Gasteiger partial charge in [0, 0.05) is 6.54 Å². The maximum absolute atomic E-state index is 11.8. The van der Waals surface area contributed by atoms with E-state index in [4.69, 9.17) is 10.5 Å². The predicted molar refractivity (Wildman–Crippen MR) is 77.4 cm³/mol. The van der Waals surface area contributed by atoms with E-state index in [2.05, 4.69) is 11.4 Å². The van der Waals surface area contributed by atoms with Crippen LogP contribution in [0, 0.1) is 0 Å². The molecule has 1 aromatic carbocycles. The molecule has 106 valence electrons. The highest BCUT2D eigenvalue weighted by molar-refractivity contribution is 5.85. The third-order valence-corrected chi connectivity index (χ3v) is 3.17. The van der Waals surface area contributed by atoms with E-state index >= 15 is 0 Å². The Morgan fingerprint density at radius 2 is 2.21 bits per heavy atom. The van der Waals surface area contributed by atoms with Crippen molar-refractivity contribution in [3.63, 3.8) is 0 Å². The second-order valence-electron chi connectivity index (χ2n) is 4.50. The average molecular weight is 285 g/mol. The van der Waals surface area contributed by atoms with Gasteiger partial charge >= 0.3 is 0 Å². The number of amides is 1. The molecule has 1 amide bonds. The molecule has 0 spiro atoms. The van der Waals surface area contributed by atoms with Crippen molar-refractivity contribution >= 4 is 18.3 Å².